The topological polar surface area (TPSA) is 26.3 Å². The van der Waals surface area contributed by atoms with Gasteiger partial charge >= 0.3 is 0 Å². The highest BCUT2D eigenvalue weighted by Gasteiger charge is 2.42. The second kappa shape index (κ2) is 5.86. The standard InChI is InChI=1S/C16H19FO2S/c17-14-3-1-12(2-4-14)9-15(18)13-5-7-19-16(10-13)6-8-20-11-16/h1-4,13H,5-11H2. The van der Waals surface area contributed by atoms with Crippen LogP contribution in [0.15, 0.2) is 24.3 Å². The summed E-state index contributed by atoms with van der Waals surface area (Å²) in [7, 11) is 0. The van der Waals surface area contributed by atoms with Gasteiger partial charge in [0.1, 0.15) is 11.6 Å². The lowest BCUT2D eigenvalue weighted by atomic mass is 9.81. The molecule has 0 aliphatic carbocycles. The van der Waals surface area contributed by atoms with E-state index in [2.05, 4.69) is 0 Å². The van der Waals surface area contributed by atoms with Gasteiger partial charge in [0.05, 0.1) is 5.60 Å². The first-order chi connectivity index (χ1) is 9.67. The quantitative estimate of drug-likeness (QED) is 0.856. The van der Waals surface area contributed by atoms with Crippen molar-refractivity contribution in [2.45, 2.75) is 31.3 Å². The zero-order chi connectivity index (χ0) is 14.0. The molecule has 0 amide bonds. The molecule has 2 atom stereocenters. The summed E-state index contributed by atoms with van der Waals surface area (Å²) in [5, 5.41) is 0. The first-order valence-electron chi connectivity index (χ1n) is 7.16. The van der Waals surface area contributed by atoms with Gasteiger partial charge < -0.3 is 4.74 Å². The fourth-order valence-corrected chi connectivity index (χ4v) is 4.49. The molecule has 0 radical (unpaired) electrons. The zero-order valence-electron chi connectivity index (χ0n) is 11.4. The van der Waals surface area contributed by atoms with Gasteiger partial charge in [0.25, 0.3) is 0 Å². The molecule has 3 rings (SSSR count). The van der Waals surface area contributed by atoms with Crippen LogP contribution in [-0.2, 0) is 16.0 Å². The summed E-state index contributed by atoms with van der Waals surface area (Å²) in [6.07, 6.45) is 3.17. The van der Waals surface area contributed by atoms with Crippen LogP contribution < -0.4 is 0 Å². The van der Waals surface area contributed by atoms with Gasteiger partial charge in [-0.1, -0.05) is 12.1 Å². The summed E-state index contributed by atoms with van der Waals surface area (Å²) in [6, 6.07) is 6.24. The van der Waals surface area contributed by atoms with Gasteiger partial charge in [0.15, 0.2) is 0 Å². The van der Waals surface area contributed by atoms with Crippen molar-refractivity contribution in [1.82, 2.24) is 0 Å². The molecule has 2 unspecified atom stereocenters. The van der Waals surface area contributed by atoms with E-state index in [1.54, 1.807) is 12.1 Å². The van der Waals surface area contributed by atoms with E-state index < -0.39 is 0 Å². The number of halogens is 1. The highest BCUT2D eigenvalue weighted by atomic mass is 32.2. The van der Waals surface area contributed by atoms with Crippen LogP contribution in [0.2, 0.25) is 0 Å². The summed E-state index contributed by atoms with van der Waals surface area (Å²) in [4.78, 5) is 12.4. The van der Waals surface area contributed by atoms with Gasteiger partial charge in [-0.05, 0) is 42.7 Å². The third kappa shape index (κ3) is 3.07. The number of thioether (sulfide) groups is 1. The van der Waals surface area contributed by atoms with E-state index in [0.717, 1.165) is 36.3 Å². The monoisotopic (exact) mass is 294 g/mol. The summed E-state index contributed by atoms with van der Waals surface area (Å²) in [6.45, 7) is 0.695. The molecular weight excluding hydrogens is 275 g/mol. The lowest BCUT2D eigenvalue weighted by molar-refractivity contribution is -0.133. The van der Waals surface area contributed by atoms with Crippen molar-refractivity contribution in [2.24, 2.45) is 5.92 Å². The summed E-state index contributed by atoms with van der Waals surface area (Å²) in [5.74, 6) is 2.28. The fourth-order valence-electron chi connectivity index (χ4n) is 3.11. The lowest BCUT2D eigenvalue weighted by Crippen LogP contribution is -2.42. The molecular formula is C16H19FO2S. The molecule has 0 saturated carbocycles. The van der Waals surface area contributed by atoms with Crippen molar-refractivity contribution in [3.63, 3.8) is 0 Å². The van der Waals surface area contributed by atoms with Gasteiger partial charge in [-0.25, -0.2) is 4.39 Å². The van der Waals surface area contributed by atoms with Crippen molar-refractivity contribution in [1.29, 1.82) is 0 Å². The smallest absolute Gasteiger partial charge is 0.140 e. The molecule has 2 nitrogen and oxygen atoms in total. The maximum atomic E-state index is 12.9. The van der Waals surface area contributed by atoms with Crippen LogP contribution in [0.3, 0.4) is 0 Å². The third-order valence-electron chi connectivity index (χ3n) is 4.31. The van der Waals surface area contributed by atoms with Crippen molar-refractivity contribution >= 4 is 17.5 Å². The Morgan fingerprint density at radius 2 is 2.20 bits per heavy atom. The third-order valence-corrected chi connectivity index (χ3v) is 5.53. The average molecular weight is 294 g/mol. The van der Waals surface area contributed by atoms with Gasteiger partial charge in [-0.3, -0.25) is 4.79 Å². The average Bonchev–Trinajstić information content (AvgIpc) is 2.89. The Balaban J connectivity index is 1.63. The first-order valence-corrected chi connectivity index (χ1v) is 8.31. The van der Waals surface area contributed by atoms with Gasteiger partial charge in [-0.2, -0.15) is 11.8 Å². The van der Waals surface area contributed by atoms with Gasteiger partial charge in [-0.15, -0.1) is 0 Å². The molecule has 0 N–H and O–H groups in total. The number of Topliss-reactive ketones (excluding diaryl/α,β-unsaturated/α-hetero) is 1. The predicted octanol–water partition coefficient (Wildman–Crippen LogP) is 3.24. The number of rotatable bonds is 3. The van der Waals surface area contributed by atoms with E-state index in [1.807, 2.05) is 11.8 Å². The number of benzene rings is 1. The van der Waals surface area contributed by atoms with E-state index in [-0.39, 0.29) is 23.1 Å². The fraction of sp³-hybridized carbons (Fsp3) is 0.562. The number of carbonyl (C=O) groups excluding carboxylic acids is 1. The molecule has 2 heterocycles. The van der Waals surface area contributed by atoms with Crippen LogP contribution in [-0.4, -0.2) is 29.5 Å². The first kappa shape index (κ1) is 14.1. The SMILES string of the molecule is O=C(Cc1ccc(F)cc1)C1CCOC2(CCSC2)C1. The second-order valence-electron chi connectivity index (χ2n) is 5.79. The summed E-state index contributed by atoms with van der Waals surface area (Å²) >= 11 is 1.92. The molecule has 2 aliphatic heterocycles. The second-order valence-corrected chi connectivity index (χ2v) is 6.90. The normalized spacial score (nSPS) is 29.8. The highest BCUT2D eigenvalue weighted by molar-refractivity contribution is 7.99. The van der Waals surface area contributed by atoms with Crippen LogP contribution in [0.25, 0.3) is 0 Å². The van der Waals surface area contributed by atoms with E-state index in [4.69, 9.17) is 4.74 Å². The van der Waals surface area contributed by atoms with Crippen molar-refractivity contribution in [2.75, 3.05) is 18.1 Å². The Morgan fingerprint density at radius 1 is 1.40 bits per heavy atom. The largest absolute Gasteiger partial charge is 0.374 e. The molecule has 1 aromatic rings. The molecule has 2 saturated heterocycles. The van der Waals surface area contributed by atoms with E-state index in [0.29, 0.717) is 13.0 Å². The number of hydrogen-bond acceptors (Lipinski definition) is 3. The minimum absolute atomic E-state index is 0.0496. The van der Waals surface area contributed by atoms with Crippen LogP contribution in [0.5, 0.6) is 0 Å². The molecule has 108 valence electrons. The Morgan fingerprint density at radius 3 is 2.90 bits per heavy atom. The molecule has 1 aromatic carbocycles. The lowest BCUT2D eigenvalue weighted by Gasteiger charge is -2.37. The maximum Gasteiger partial charge on any atom is 0.140 e. The molecule has 2 fully saturated rings. The predicted molar refractivity (Wildman–Crippen MR) is 78.5 cm³/mol. The number of ketones is 1. The Kier molecular flexibility index (Phi) is 4.13. The Labute approximate surface area is 123 Å². The van der Waals surface area contributed by atoms with Crippen LogP contribution in [0, 0.1) is 11.7 Å². The van der Waals surface area contributed by atoms with E-state index in [1.165, 1.54) is 12.1 Å². The zero-order valence-corrected chi connectivity index (χ0v) is 12.3. The van der Waals surface area contributed by atoms with E-state index in [9.17, 15) is 9.18 Å². The minimum atomic E-state index is -0.255. The van der Waals surface area contributed by atoms with Crippen LogP contribution >= 0.6 is 11.8 Å². The van der Waals surface area contributed by atoms with Gasteiger partial charge in [0.2, 0.25) is 0 Å². The van der Waals surface area contributed by atoms with Crippen molar-refractivity contribution in [3.8, 4) is 0 Å². The van der Waals surface area contributed by atoms with Crippen molar-refractivity contribution in [3.05, 3.63) is 35.6 Å². The molecule has 20 heavy (non-hydrogen) atoms. The van der Waals surface area contributed by atoms with Crippen LogP contribution in [0.1, 0.15) is 24.8 Å². The number of carbonyl (C=O) groups is 1. The highest BCUT2D eigenvalue weighted by Crippen LogP contribution is 2.40. The molecule has 0 aromatic heterocycles. The Hall–Kier alpha value is -0.870. The molecule has 1 spiro atoms. The summed E-state index contributed by atoms with van der Waals surface area (Å²) in [5.41, 5.74) is 0.851. The molecule has 2 aliphatic rings. The van der Waals surface area contributed by atoms with E-state index >= 15 is 0 Å². The number of hydrogen-bond donors (Lipinski definition) is 0. The van der Waals surface area contributed by atoms with Crippen molar-refractivity contribution < 1.29 is 13.9 Å². The maximum absolute atomic E-state index is 12.9. The summed E-state index contributed by atoms with van der Waals surface area (Å²) < 4.78 is 18.8. The Bertz CT molecular complexity index is 480. The minimum Gasteiger partial charge on any atom is -0.374 e. The number of ether oxygens (including phenoxy) is 1. The molecule has 0 bridgehead atoms. The van der Waals surface area contributed by atoms with Gasteiger partial charge in [0, 0.05) is 24.7 Å². The van der Waals surface area contributed by atoms with Crippen LogP contribution in [0.4, 0.5) is 4.39 Å². The molecule has 4 heteroatoms.